The molecule has 2 aliphatic heterocycles. The lowest BCUT2D eigenvalue weighted by atomic mass is 9.97. The van der Waals surface area contributed by atoms with Gasteiger partial charge in [-0.2, -0.15) is 4.98 Å². The zero-order valence-electron chi connectivity index (χ0n) is 26.9. The molecule has 1 saturated heterocycles. The molecule has 0 spiro atoms. The first-order valence-electron chi connectivity index (χ1n) is 15.3. The van der Waals surface area contributed by atoms with Gasteiger partial charge in [-0.05, 0) is 55.4 Å². The number of aromatic nitrogens is 3. The first kappa shape index (κ1) is 31.9. The lowest BCUT2D eigenvalue weighted by Gasteiger charge is -2.40. The fourth-order valence-corrected chi connectivity index (χ4v) is 6.40. The van der Waals surface area contributed by atoms with E-state index in [9.17, 15) is 14.7 Å². The summed E-state index contributed by atoms with van der Waals surface area (Å²) in [5.41, 5.74) is 0.232. The number of benzene rings is 2. The monoisotopic (exact) mass is 646 g/mol. The van der Waals surface area contributed by atoms with Crippen LogP contribution in [0.1, 0.15) is 30.9 Å². The van der Waals surface area contributed by atoms with E-state index in [0.717, 1.165) is 17.2 Å². The summed E-state index contributed by atoms with van der Waals surface area (Å²) in [5, 5.41) is 10.8. The first-order chi connectivity index (χ1) is 22.4. The van der Waals surface area contributed by atoms with E-state index in [1.54, 1.807) is 4.90 Å². The van der Waals surface area contributed by atoms with Crippen LogP contribution >= 0.6 is 0 Å². The molecular formula is C34H36F2N6O5. The minimum absolute atomic E-state index is 0.0557. The Kier molecular flexibility index (Phi) is 8.35. The number of nitrogens with zero attached hydrogens (tertiary/aromatic N) is 6. The Morgan fingerprint density at radius 2 is 2.00 bits per heavy atom. The summed E-state index contributed by atoms with van der Waals surface area (Å²) in [4.78, 5) is 41.3. The third kappa shape index (κ3) is 5.43. The molecule has 6 rings (SSSR count). The van der Waals surface area contributed by atoms with Crippen molar-refractivity contribution in [1.29, 1.82) is 0 Å². The number of piperazine rings is 1. The van der Waals surface area contributed by atoms with E-state index < -0.39 is 40.4 Å². The lowest BCUT2D eigenvalue weighted by Crippen LogP contribution is -2.56. The van der Waals surface area contributed by atoms with Gasteiger partial charge in [0.05, 0.1) is 24.4 Å². The molecule has 0 aliphatic carbocycles. The summed E-state index contributed by atoms with van der Waals surface area (Å²) in [5.74, 6) is -2.65. The van der Waals surface area contributed by atoms with Crippen molar-refractivity contribution in [3.63, 3.8) is 0 Å². The van der Waals surface area contributed by atoms with Gasteiger partial charge in [-0.25, -0.2) is 23.1 Å². The highest BCUT2D eigenvalue weighted by molar-refractivity contribution is 5.97. The van der Waals surface area contributed by atoms with E-state index in [1.807, 2.05) is 49.9 Å². The molecule has 4 aromatic rings. The van der Waals surface area contributed by atoms with Crippen LogP contribution in [-0.4, -0.2) is 88.8 Å². The maximum atomic E-state index is 16.6. The summed E-state index contributed by atoms with van der Waals surface area (Å²) < 4.78 is 45.2. The topological polar surface area (TPSA) is 113 Å². The van der Waals surface area contributed by atoms with E-state index >= 15 is 8.78 Å². The minimum Gasteiger partial charge on any atom is -0.507 e. The SMILES string of the molecule is C=CC(=O)N1CCN2c3nc(=O)n(-c4c(OC)cc(CN(C)C)cc4C(C)C)c4nc(-c5c(O)cccc5F)c(F)c(c34)OC[C@H]2C1. The second kappa shape index (κ2) is 12.3. The van der Waals surface area contributed by atoms with Crippen molar-refractivity contribution in [1.82, 2.24) is 24.3 Å². The fraction of sp³-hybridized carbons (Fsp3) is 0.353. The van der Waals surface area contributed by atoms with Crippen molar-refractivity contribution in [2.75, 3.05) is 52.3 Å². The summed E-state index contributed by atoms with van der Waals surface area (Å²) in [6.07, 6.45) is 1.22. The van der Waals surface area contributed by atoms with E-state index in [4.69, 9.17) is 9.47 Å². The molecule has 246 valence electrons. The van der Waals surface area contributed by atoms with Crippen LogP contribution in [0.15, 0.2) is 47.8 Å². The Balaban J connectivity index is 1.72. The van der Waals surface area contributed by atoms with E-state index in [-0.39, 0.29) is 54.1 Å². The van der Waals surface area contributed by atoms with Gasteiger partial charge in [-0.3, -0.25) is 4.79 Å². The number of carbonyl (C=O) groups excluding carboxylic acids is 1. The fourth-order valence-electron chi connectivity index (χ4n) is 6.40. The Morgan fingerprint density at radius 1 is 1.23 bits per heavy atom. The van der Waals surface area contributed by atoms with Crippen LogP contribution in [-0.2, 0) is 11.3 Å². The van der Waals surface area contributed by atoms with Gasteiger partial charge < -0.3 is 29.3 Å². The van der Waals surface area contributed by atoms with Crippen LogP contribution in [0.2, 0.25) is 0 Å². The molecule has 2 aliphatic rings. The smallest absolute Gasteiger partial charge is 0.355 e. The van der Waals surface area contributed by atoms with Crippen LogP contribution in [0, 0.1) is 11.6 Å². The first-order valence-corrected chi connectivity index (χ1v) is 15.3. The third-order valence-corrected chi connectivity index (χ3v) is 8.52. The molecule has 0 saturated carbocycles. The van der Waals surface area contributed by atoms with Crippen molar-refractivity contribution >= 4 is 22.8 Å². The summed E-state index contributed by atoms with van der Waals surface area (Å²) in [6, 6.07) is 6.90. The van der Waals surface area contributed by atoms with Crippen molar-refractivity contribution in [2.24, 2.45) is 0 Å². The largest absolute Gasteiger partial charge is 0.507 e. The van der Waals surface area contributed by atoms with Crippen molar-refractivity contribution in [2.45, 2.75) is 32.4 Å². The Labute approximate surface area is 270 Å². The van der Waals surface area contributed by atoms with Gasteiger partial charge in [0.1, 0.15) is 40.8 Å². The Bertz CT molecular complexity index is 1960. The van der Waals surface area contributed by atoms with Crippen LogP contribution in [0.4, 0.5) is 14.6 Å². The van der Waals surface area contributed by atoms with Crippen LogP contribution in [0.3, 0.4) is 0 Å². The highest BCUT2D eigenvalue weighted by Gasteiger charge is 2.38. The number of rotatable bonds is 7. The molecule has 1 N–H and O–H groups in total. The normalized spacial score (nSPS) is 15.9. The lowest BCUT2D eigenvalue weighted by molar-refractivity contribution is -0.126. The molecule has 1 fully saturated rings. The van der Waals surface area contributed by atoms with Gasteiger partial charge in [0.25, 0.3) is 0 Å². The van der Waals surface area contributed by atoms with Crippen LogP contribution in [0.5, 0.6) is 17.2 Å². The molecule has 0 radical (unpaired) electrons. The average molecular weight is 647 g/mol. The van der Waals surface area contributed by atoms with E-state index in [1.165, 1.54) is 29.9 Å². The highest BCUT2D eigenvalue weighted by atomic mass is 19.1. The predicted octanol–water partition coefficient (Wildman–Crippen LogP) is 4.22. The van der Waals surface area contributed by atoms with Crippen LogP contribution < -0.4 is 20.1 Å². The van der Waals surface area contributed by atoms with Crippen molar-refractivity contribution in [3.05, 3.63) is 76.2 Å². The molecule has 11 nitrogen and oxygen atoms in total. The molecule has 13 heteroatoms. The number of halogens is 2. The van der Waals surface area contributed by atoms with Gasteiger partial charge in [0, 0.05) is 26.2 Å². The number of fused-ring (bicyclic) bond motifs is 2. The highest BCUT2D eigenvalue weighted by Crippen LogP contribution is 2.44. The number of ether oxygens (including phenoxy) is 2. The molecule has 0 unspecified atom stereocenters. The molecule has 1 amide bonds. The number of phenols is 1. The second-order valence-corrected chi connectivity index (χ2v) is 12.3. The van der Waals surface area contributed by atoms with Gasteiger partial charge in [-0.1, -0.05) is 32.6 Å². The summed E-state index contributed by atoms with van der Waals surface area (Å²) in [6.45, 7) is 8.83. The zero-order valence-corrected chi connectivity index (χ0v) is 26.9. The minimum atomic E-state index is -1.03. The summed E-state index contributed by atoms with van der Waals surface area (Å²) in [7, 11) is 5.37. The van der Waals surface area contributed by atoms with E-state index in [0.29, 0.717) is 24.5 Å². The maximum Gasteiger partial charge on any atom is 0.355 e. The number of aromatic hydroxyl groups is 1. The molecule has 1 atom stereocenters. The van der Waals surface area contributed by atoms with Crippen molar-refractivity contribution < 1.29 is 28.2 Å². The molecule has 0 bridgehead atoms. The van der Waals surface area contributed by atoms with Gasteiger partial charge >= 0.3 is 5.69 Å². The Morgan fingerprint density at radius 3 is 2.66 bits per heavy atom. The number of amides is 1. The number of phenolic OH excluding ortho intramolecular Hbond substituents is 1. The molecule has 2 aromatic carbocycles. The number of carbonyl (C=O) groups is 1. The van der Waals surface area contributed by atoms with Gasteiger partial charge in [-0.15, -0.1) is 0 Å². The maximum absolute atomic E-state index is 16.6. The molecule has 4 heterocycles. The number of anilines is 1. The van der Waals surface area contributed by atoms with Crippen LogP contribution in [0.25, 0.3) is 28.0 Å². The number of methoxy groups -OCH3 is 1. The van der Waals surface area contributed by atoms with E-state index in [2.05, 4.69) is 16.5 Å². The quantitative estimate of drug-likeness (QED) is 0.295. The molecule has 2 aromatic heterocycles. The second-order valence-electron chi connectivity index (χ2n) is 12.3. The van der Waals surface area contributed by atoms with Crippen molar-refractivity contribution in [3.8, 4) is 34.2 Å². The average Bonchev–Trinajstić information content (AvgIpc) is 3.19. The number of hydrogen-bond acceptors (Lipinski definition) is 9. The van der Waals surface area contributed by atoms with Gasteiger partial charge in [0.15, 0.2) is 17.2 Å². The zero-order chi connectivity index (χ0) is 33.7. The number of hydrogen-bond donors (Lipinski definition) is 1. The molecular weight excluding hydrogens is 610 g/mol. The standard InChI is InChI=1S/C34H36F2N6O5/c1-7-25(44)40-11-12-41-20(16-40)17-47-31-27-32(41)38-34(45)42(30-21(18(2)3)13-19(15-39(4)5)14-24(30)46-6)33(27)37-29(28(31)36)26-22(35)9-8-10-23(26)43/h7-10,13-14,18,20,43H,1,11-12,15-17H2,2-6H3/t20-/m1/s1. The Hall–Kier alpha value is -5.04. The predicted molar refractivity (Wildman–Crippen MR) is 174 cm³/mol. The summed E-state index contributed by atoms with van der Waals surface area (Å²) >= 11 is 0. The van der Waals surface area contributed by atoms with Gasteiger partial charge in [0.2, 0.25) is 5.91 Å². The molecule has 47 heavy (non-hydrogen) atoms. The number of pyridine rings is 1. The third-order valence-electron chi connectivity index (χ3n) is 8.52.